The highest BCUT2D eigenvalue weighted by atomic mass is 32.2. The summed E-state index contributed by atoms with van der Waals surface area (Å²) >= 11 is 0. The molecule has 1 rings (SSSR count). The fraction of sp³-hybridized carbons (Fsp3) is 0.364. The van der Waals surface area contributed by atoms with Gasteiger partial charge in [0.2, 0.25) is 10.0 Å². The number of phenolic OH excluding ortho intramolecular Hbond substituents is 1. The zero-order chi connectivity index (χ0) is 15.6. The van der Waals surface area contributed by atoms with Crippen LogP contribution in [0.4, 0.5) is 18.9 Å². The molecular weight excluding hydrogens is 297 g/mol. The third-order valence-electron chi connectivity index (χ3n) is 2.47. The van der Waals surface area contributed by atoms with Crippen LogP contribution >= 0.6 is 0 Å². The summed E-state index contributed by atoms with van der Waals surface area (Å²) in [6.07, 6.45) is -4.71. The molecule has 1 unspecified atom stereocenters. The summed E-state index contributed by atoms with van der Waals surface area (Å²) in [4.78, 5) is 0. The van der Waals surface area contributed by atoms with Crippen LogP contribution in [0.1, 0.15) is 18.9 Å². The van der Waals surface area contributed by atoms with Crippen LogP contribution in [0.2, 0.25) is 0 Å². The number of anilines is 1. The predicted octanol–water partition coefficient (Wildman–Crippen LogP) is 2.45. The second kappa shape index (κ2) is 5.58. The summed E-state index contributed by atoms with van der Waals surface area (Å²) < 4.78 is 62.8. The van der Waals surface area contributed by atoms with Gasteiger partial charge >= 0.3 is 6.18 Å². The molecule has 0 saturated heterocycles. The van der Waals surface area contributed by atoms with Crippen LogP contribution in [-0.2, 0) is 16.2 Å². The molecule has 0 aliphatic rings. The Hall–Kier alpha value is -1.95. The number of benzene rings is 1. The maximum atomic E-state index is 12.5. The van der Waals surface area contributed by atoms with Crippen molar-refractivity contribution in [2.45, 2.75) is 24.8 Å². The van der Waals surface area contributed by atoms with E-state index in [1.54, 1.807) is 4.72 Å². The number of rotatable bonds is 4. The number of nitriles is 1. The van der Waals surface area contributed by atoms with Gasteiger partial charge < -0.3 is 5.11 Å². The van der Waals surface area contributed by atoms with Crippen molar-refractivity contribution in [3.05, 3.63) is 23.8 Å². The van der Waals surface area contributed by atoms with Crippen LogP contribution < -0.4 is 4.72 Å². The van der Waals surface area contributed by atoms with Crippen LogP contribution in [0, 0.1) is 11.3 Å². The Bertz CT molecular complexity index is 635. The van der Waals surface area contributed by atoms with Gasteiger partial charge in [0, 0.05) is 0 Å². The molecule has 1 aromatic carbocycles. The molecule has 0 aliphatic carbocycles. The van der Waals surface area contributed by atoms with Gasteiger partial charge in [-0.25, -0.2) is 8.42 Å². The number of phenols is 1. The van der Waals surface area contributed by atoms with E-state index in [0.29, 0.717) is 12.1 Å². The Morgan fingerprint density at radius 3 is 2.50 bits per heavy atom. The number of halogens is 3. The van der Waals surface area contributed by atoms with Gasteiger partial charge in [0.25, 0.3) is 0 Å². The smallest absolute Gasteiger partial charge is 0.416 e. The largest absolute Gasteiger partial charge is 0.506 e. The van der Waals surface area contributed by atoms with Crippen molar-refractivity contribution in [1.82, 2.24) is 0 Å². The molecule has 0 radical (unpaired) electrons. The minimum Gasteiger partial charge on any atom is -0.506 e. The van der Waals surface area contributed by atoms with Crippen LogP contribution in [0.15, 0.2) is 18.2 Å². The van der Waals surface area contributed by atoms with Crippen molar-refractivity contribution < 1.29 is 26.7 Å². The number of hydrogen-bond donors (Lipinski definition) is 2. The van der Waals surface area contributed by atoms with Crippen LogP contribution in [-0.4, -0.2) is 18.8 Å². The van der Waals surface area contributed by atoms with Crippen molar-refractivity contribution in [2.75, 3.05) is 4.72 Å². The van der Waals surface area contributed by atoms with E-state index in [2.05, 4.69) is 0 Å². The lowest BCUT2D eigenvalue weighted by Gasteiger charge is -2.14. The topological polar surface area (TPSA) is 90.2 Å². The molecule has 0 spiro atoms. The van der Waals surface area contributed by atoms with Gasteiger partial charge in [-0.2, -0.15) is 18.4 Å². The Labute approximate surface area is 113 Å². The van der Waals surface area contributed by atoms with Crippen LogP contribution in [0.25, 0.3) is 0 Å². The highest BCUT2D eigenvalue weighted by molar-refractivity contribution is 7.93. The van der Waals surface area contributed by atoms with E-state index in [-0.39, 0.29) is 6.42 Å². The van der Waals surface area contributed by atoms with Gasteiger partial charge in [0.1, 0.15) is 5.75 Å². The summed E-state index contributed by atoms with van der Waals surface area (Å²) in [7, 11) is -4.20. The lowest BCUT2D eigenvalue weighted by molar-refractivity contribution is -0.137. The highest BCUT2D eigenvalue weighted by Crippen LogP contribution is 2.35. The first-order valence-electron chi connectivity index (χ1n) is 5.43. The molecule has 0 saturated carbocycles. The highest BCUT2D eigenvalue weighted by Gasteiger charge is 2.32. The number of alkyl halides is 3. The van der Waals surface area contributed by atoms with E-state index >= 15 is 0 Å². The van der Waals surface area contributed by atoms with Gasteiger partial charge in [-0.15, -0.1) is 0 Å². The van der Waals surface area contributed by atoms with E-state index in [4.69, 9.17) is 5.26 Å². The van der Waals surface area contributed by atoms with Crippen LogP contribution in [0.5, 0.6) is 5.75 Å². The fourth-order valence-electron chi connectivity index (χ4n) is 1.40. The SMILES string of the molecule is CCC(C#N)S(=O)(=O)Nc1cc(C(F)(F)F)ccc1O. The van der Waals surface area contributed by atoms with Crippen molar-refractivity contribution in [2.24, 2.45) is 0 Å². The molecule has 20 heavy (non-hydrogen) atoms. The minimum absolute atomic E-state index is 0.0362. The first kappa shape index (κ1) is 16.1. The average molecular weight is 308 g/mol. The van der Waals surface area contributed by atoms with E-state index in [0.717, 1.165) is 6.07 Å². The van der Waals surface area contributed by atoms with Crippen molar-refractivity contribution >= 4 is 15.7 Å². The number of nitrogens with one attached hydrogen (secondary N) is 1. The van der Waals surface area contributed by atoms with Crippen molar-refractivity contribution in [1.29, 1.82) is 5.26 Å². The van der Waals surface area contributed by atoms with Gasteiger partial charge in [-0.05, 0) is 24.6 Å². The third-order valence-corrected chi connectivity index (χ3v) is 4.16. The molecular formula is C11H11F3N2O3S. The second-order valence-electron chi connectivity index (χ2n) is 3.90. The van der Waals surface area contributed by atoms with Gasteiger partial charge in [0.15, 0.2) is 5.25 Å². The summed E-state index contributed by atoms with van der Waals surface area (Å²) in [5, 5.41) is 16.7. The predicted molar refractivity (Wildman–Crippen MR) is 65.3 cm³/mol. The number of sulfonamides is 1. The van der Waals surface area contributed by atoms with Crippen LogP contribution in [0.3, 0.4) is 0 Å². The molecule has 1 atom stereocenters. The van der Waals surface area contributed by atoms with E-state index in [9.17, 15) is 26.7 Å². The number of nitrogens with zero attached hydrogens (tertiary/aromatic N) is 1. The molecule has 0 aromatic heterocycles. The van der Waals surface area contributed by atoms with Gasteiger partial charge in [-0.1, -0.05) is 6.92 Å². The zero-order valence-corrected chi connectivity index (χ0v) is 11.1. The molecule has 1 aromatic rings. The first-order valence-corrected chi connectivity index (χ1v) is 6.98. The molecule has 110 valence electrons. The van der Waals surface area contributed by atoms with Crippen molar-refractivity contribution in [3.8, 4) is 11.8 Å². The lowest BCUT2D eigenvalue weighted by Crippen LogP contribution is -2.26. The second-order valence-corrected chi connectivity index (χ2v) is 5.77. The number of aromatic hydroxyl groups is 1. The van der Waals surface area contributed by atoms with Gasteiger partial charge in [0.05, 0.1) is 17.3 Å². The molecule has 0 heterocycles. The summed E-state index contributed by atoms with van der Waals surface area (Å²) in [5.41, 5.74) is -1.73. The Kier molecular flexibility index (Phi) is 4.50. The zero-order valence-electron chi connectivity index (χ0n) is 10.3. The Balaban J connectivity index is 3.19. The maximum absolute atomic E-state index is 12.5. The molecule has 9 heteroatoms. The maximum Gasteiger partial charge on any atom is 0.416 e. The van der Waals surface area contributed by atoms with E-state index in [1.165, 1.54) is 13.0 Å². The normalized spacial score (nSPS) is 13.6. The first-order chi connectivity index (χ1) is 9.11. The molecule has 0 amide bonds. The molecule has 0 bridgehead atoms. The molecule has 0 fully saturated rings. The molecule has 5 nitrogen and oxygen atoms in total. The van der Waals surface area contributed by atoms with E-state index < -0.39 is 38.4 Å². The average Bonchev–Trinajstić information content (AvgIpc) is 2.31. The minimum atomic E-state index is -4.67. The Morgan fingerprint density at radius 1 is 1.45 bits per heavy atom. The van der Waals surface area contributed by atoms with Gasteiger partial charge in [-0.3, -0.25) is 4.72 Å². The lowest BCUT2D eigenvalue weighted by atomic mass is 10.2. The van der Waals surface area contributed by atoms with Crippen molar-refractivity contribution in [3.63, 3.8) is 0 Å². The number of hydrogen-bond acceptors (Lipinski definition) is 4. The summed E-state index contributed by atoms with van der Waals surface area (Å²) in [6, 6.07) is 3.34. The monoisotopic (exact) mass is 308 g/mol. The quantitative estimate of drug-likeness (QED) is 0.836. The standard InChI is InChI=1S/C11H11F3N2O3S/c1-2-8(6-15)20(18,19)16-9-5-7(11(12,13)14)3-4-10(9)17/h3-5,8,16-17H,2H2,1H3. The fourth-order valence-corrected chi connectivity index (χ4v) is 2.59. The molecule has 2 N–H and O–H groups in total. The molecule has 0 aliphatic heterocycles. The third kappa shape index (κ3) is 3.54. The summed E-state index contributed by atoms with van der Waals surface area (Å²) in [6.45, 7) is 1.44. The Morgan fingerprint density at radius 2 is 2.05 bits per heavy atom. The summed E-state index contributed by atoms with van der Waals surface area (Å²) in [5.74, 6) is -0.658. The van der Waals surface area contributed by atoms with E-state index in [1.807, 2.05) is 0 Å².